The Kier molecular flexibility index (Phi) is 3.38. The fourth-order valence-corrected chi connectivity index (χ4v) is 3.05. The zero-order chi connectivity index (χ0) is 13.4. The molecular formula is C15H14Cl2N2. The van der Waals surface area contributed by atoms with E-state index in [-0.39, 0.29) is 0 Å². The van der Waals surface area contributed by atoms with Gasteiger partial charge < -0.3 is 5.32 Å². The highest BCUT2D eigenvalue weighted by Gasteiger charge is 2.22. The van der Waals surface area contributed by atoms with Gasteiger partial charge in [0.25, 0.3) is 0 Å². The molecule has 2 nitrogen and oxygen atoms in total. The van der Waals surface area contributed by atoms with Gasteiger partial charge in [-0.2, -0.15) is 0 Å². The third kappa shape index (κ3) is 2.56. The van der Waals surface area contributed by atoms with Crippen molar-refractivity contribution in [2.75, 3.05) is 5.32 Å². The monoisotopic (exact) mass is 292 g/mol. The summed E-state index contributed by atoms with van der Waals surface area (Å²) in [5.74, 6) is 0. The van der Waals surface area contributed by atoms with Crippen LogP contribution in [0.2, 0.25) is 10.2 Å². The minimum Gasteiger partial charge on any atom is -0.379 e. The molecule has 98 valence electrons. The van der Waals surface area contributed by atoms with E-state index in [4.69, 9.17) is 23.2 Å². The van der Waals surface area contributed by atoms with Gasteiger partial charge in [0.2, 0.25) is 0 Å². The van der Waals surface area contributed by atoms with Crippen LogP contribution < -0.4 is 5.32 Å². The average molecular weight is 293 g/mol. The largest absolute Gasteiger partial charge is 0.379 e. The summed E-state index contributed by atoms with van der Waals surface area (Å²) < 4.78 is 0. The first kappa shape index (κ1) is 12.8. The Morgan fingerprint density at radius 1 is 1.16 bits per heavy atom. The van der Waals surface area contributed by atoms with Crippen LogP contribution in [-0.2, 0) is 12.8 Å². The molecule has 3 rings (SSSR count). The van der Waals surface area contributed by atoms with Crippen LogP contribution in [0.3, 0.4) is 0 Å². The lowest BCUT2D eigenvalue weighted by Crippen LogP contribution is -2.20. The fourth-order valence-electron chi connectivity index (χ4n) is 2.59. The summed E-state index contributed by atoms with van der Waals surface area (Å²) in [6.07, 6.45) is 3.70. The number of fused-ring (bicyclic) bond motifs is 1. The molecular weight excluding hydrogens is 279 g/mol. The number of benzene rings is 1. The summed E-state index contributed by atoms with van der Waals surface area (Å²) in [5.41, 5.74) is 4.74. The molecule has 1 atom stereocenters. The van der Waals surface area contributed by atoms with Crippen LogP contribution >= 0.6 is 23.2 Å². The summed E-state index contributed by atoms with van der Waals surface area (Å²) in [5, 5.41) is 4.84. The molecule has 1 N–H and O–H groups in total. The lowest BCUT2D eigenvalue weighted by atomic mass is 10.1. The lowest BCUT2D eigenvalue weighted by Gasteiger charge is -2.16. The highest BCUT2D eigenvalue weighted by atomic mass is 35.5. The van der Waals surface area contributed by atoms with Gasteiger partial charge in [-0.05, 0) is 54.7 Å². The van der Waals surface area contributed by atoms with Gasteiger partial charge in [-0.1, -0.05) is 29.3 Å². The zero-order valence-corrected chi connectivity index (χ0v) is 12.1. The Hall–Kier alpha value is -1.25. The van der Waals surface area contributed by atoms with Crippen LogP contribution in [-0.4, -0.2) is 11.0 Å². The molecule has 2 aromatic rings. The molecule has 1 unspecified atom stereocenters. The van der Waals surface area contributed by atoms with E-state index in [0.717, 1.165) is 29.1 Å². The van der Waals surface area contributed by atoms with Crippen molar-refractivity contribution >= 4 is 28.9 Å². The molecule has 4 heteroatoms. The first-order chi connectivity index (χ1) is 9.13. The number of hydrogen-bond acceptors (Lipinski definition) is 2. The van der Waals surface area contributed by atoms with Crippen molar-refractivity contribution in [1.29, 1.82) is 0 Å². The van der Waals surface area contributed by atoms with Crippen molar-refractivity contribution in [3.63, 3.8) is 0 Å². The Bertz CT molecular complexity index is 605. The predicted octanol–water partition coefficient (Wildman–Crippen LogP) is 4.28. The molecule has 0 radical (unpaired) electrons. The van der Waals surface area contributed by atoms with Gasteiger partial charge in [0.15, 0.2) is 5.15 Å². The van der Waals surface area contributed by atoms with Gasteiger partial charge in [0, 0.05) is 17.3 Å². The van der Waals surface area contributed by atoms with Crippen LogP contribution in [0.25, 0.3) is 0 Å². The van der Waals surface area contributed by atoms with E-state index in [2.05, 4.69) is 22.4 Å². The maximum absolute atomic E-state index is 6.15. The Balaban J connectivity index is 1.81. The van der Waals surface area contributed by atoms with Crippen LogP contribution in [0.4, 0.5) is 5.69 Å². The second-order valence-corrected chi connectivity index (χ2v) is 5.75. The van der Waals surface area contributed by atoms with Crippen molar-refractivity contribution in [2.24, 2.45) is 0 Å². The molecule has 0 saturated heterocycles. The molecule has 0 saturated carbocycles. The van der Waals surface area contributed by atoms with E-state index in [1.807, 2.05) is 19.1 Å². The molecule has 0 amide bonds. The normalized spacial score (nSPS) is 17.3. The van der Waals surface area contributed by atoms with Crippen LogP contribution in [0.1, 0.15) is 16.7 Å². The van der Waals surface area contributed by atoms with Crippen LogP contribution in [0.5, 0.6) is 0 Å². The van der Waals surface area contributed by atoms with Crippen LogP contribution in [0.15, 0.2) is 30.5 Å². The van der Waals surface area contributed by atoms with Gasteiger partial charge >= 0.3 is 0 Å². The third-order valence-corrected chi connectivity index (χ3v) is 4.08. The average Bonchev–Trinajstić information content (AvgIpc) is 2.75. The summed E-state index contributed by atoms with van der Waals surface area (Å²) in [6.45, 7) is 2.04. The first-order valence-corrected chi connectivity index (χ1v) is 7.04. The second kappa shape index (κ2) is 5.03. The van der Waals surface area contributed by atoms with Crippen molar-refractivity contribution < 1.29 is 0 Å². The molecule has 0 bridgehead atoms. The topological polar surface area (TPSA) is 24.9 Å². The maximum atomic E-state index is 6.15. The van der Waals surface area contributed by atoms with Gasteiger partial charge in [0.1, 0.15) is 0 Å². The van der Waals surface area contributed by atoms with E-state index >= 15 is 0 Å². The summed E-state index contributed by atoms with van der Waals surface area (Å²) in [7, 11) is 0. The van der Waals surface area contributed by atoms with Crippen LogP contribution in [0, 0.1) is 6.92 Å². The van der Waals surface area contributed by atoms with Gasteiger partial charge in [-0.3, -0.25) is 0 Å². The van der Waals surface area contributed by atoms with Crippen molar-refractivity contribution in [2.45, 2.75) is 25.8 Å². The predicted molar refractivity (Wildman–Crippen MR) is 80.3 cm³/mol. The number of pyridine rings is 1. The SMILES string of the molecule is Cc1ccnc(Cl)c1NC1Cc2ccc(Cl)cc2C1. The van der Waals surface area contributed by atoms with E-state index in [1.54, 1.807) is 6.20 Å². The molecule has 0 spiro atoms. The molecule has 1 aromatic carbocycles. The van der Waals surface area contributed by atoms with Gasteiger partial charge in [0.05, 0.1) is 5.69 Å². The Labute approximate surface area is 122 Å². The van der Waals surface area contributed by atoms with Gasteiger partial charge in [-0.15, -0.1) is 0 Å². The highest BCUT2D eigenvalue weighted by molar-refractivity contribution is 6.32. The molecule has 19 heavy (non-hydrogen) atoms. The summed E-state index contributed by atoms with van der Waals surface area (Å²) in [6, 6.07) is 8.43. The number of aryl methyl sites for hydroxylation is 1. The molecule has 1 aliphatic rings. The molecule has 0 fully saturated rings. The minimum absolute atomic E-state index is 0.355. The van der Waals surface area contributed by atoms with Crippen molar-refractivity contribution in [1.82, 2.24) is 4.98 Å². The highest BCUT2D eigenvalue weighted by Crippen LogP contribution is 2.30. The first-order valence-electron chi connectivity index (χ1n) is 6.28. The van der Waals surface area contributed by atoms with E-state index < -0.39 is 0 Å². The molecule has 1 aliphatic carbocycles. The van der Waals surface area contributed by atoms with Crippen molar-refractivity contribution in [3.05, 3.63) is 57.3 Å². The quantitative estimate of drug-likeness (QED) is 0.836. The lowest BCUT2D eigenvalue weighted by molar-refractivity contribution is 0.772. The van der Waals surface area contributed by atoms with E-state index in [0.29, 0.717) is 11.2 Å². The number of halogens is 2. The summed E-state index contributed by atoms with van der Waals surface area (Å²) in [4.78, 5) is 4.13. The molecule has 0 aliphatic heterocycles. The maximum Gasteiger partial charge on any atom is 0.152 e. The van der Waals surface area contributed by atoms with Crippen molar-refractivity contribution in [3.8, 4) is 0 Å². The molecule has 1 heterocycles. The third-order valence-electron chi connectivity index (χ3n) is 3.56. The Morgan fingerprint density at radius 3 is 2.74 bits per heavy atom. The number of anilines is 1. The molecule has 1 aromatic heterocycles. The smallest absolute Gasteiger partial charge is 0.152 e. The van der Waals surface area contributed by atoms with E-state index in [1.165, 1.54) is 11.1 Å². The Morgan fingerprint density at radius 2 is 1.95 bits per heavy atom. The van der Waals surface area contributed by atoms with E-state index in [9.17, 15) is 0 Å². The summed E-state index contributed by atoms with van der Waals surface area (Å²) >= 11 is 12.2. The number of nitrogens with zero attached hydrogens (tertiary/aromatic N) is 1. The number of hydrogen-bond donors (Lipinski definition) is 1. The second-order valence-electron chi connectivity index (χ2n) is 4.96. The minimum atomic E-state index is 0.355. The standard InChI is InChI=1S/C15H14Cl2N2/c1-9-4-5-18-15(17)14(9)19-13-7-10-2-3-12(16)6-11(10)8-13/h2-6,13,19H,7-8H2,1H3. The van der Waals surface area contributed by atoms with Gasteiger partial charge in [-0.25, -0.2) is 4.98 Å². The number of aromatic nitrogens is 1. The zero-order valence-electron chi connectivity index (χ0n) is 10.6. The fraction of sp³-hybridized carbons (Fsp3) is 0.267. The number of nitrogens with one attached hydrogen (secondary N) is 1. The number of rotatable bonds is 2.